The van der Waals surface area contributed by atoms with E-state index in [0.29, 0.717) is 5.92 Å². The highest BCUT2D eigenvalue weighted by Gasteiger charge is 2.10. The van der Waals surface area contributed by atoms with Gasteiger partial charge >= 0.3 is 0 Å². The Balaban J connectivity index is 2.17. The summed E-state index contributed by atoms with van der Waals surface area (Å²) in [6.07, 6.45) is 0. The highest BCUT2D eigenvalue weighted by molar-refractivity contribution is 8.03. The van der Waals surface area contributed by atoms with Crippen LogP contribution >= 0.6 is 34.9 Å². The predicted molar refractivity (Wildman–Crippen MR) is 81.3 cm³/mol. The minimum absolute atomic E-state index is 0.333. The molecule has 0 fully saturated rings. The molecule has 0 bridgehead atoms. The molecular weight excluding hydrogens is 296 g/mol. The number of aryl methyl sites for hydroxylation is 1. The Bertz CT molecular complexity index is 554. The molecule has 0 aliphatic rings. The van der Waals surface area contributed by atoms with E-state index in [9.17, 15) is 0 Å². The second kappa shape index (κ2) is 6.67. The molecule has 0 atom stereocenters. The van der Waals surface area contributed by atoms with Crippen molar-refractivity contribution in [3.63, 3.8) is 0 Å². The largest absolute Gasteiger partial charge is 0.238 e. The molecule has 0 saturated carbocycles. The Morgan fingerprint density at radius 2 is 1.95 bits per heavy atom. The fraction of sp³-hybridized carbons (Fsp3) is 0.500. The molecule has 2 aromatic rings. The maximum atomic E-state index is 4.57. The molecule has 2 rings (SSSR count). The predicted octanol–water partition coefficient (Wildman–Crippen LogP) is 4.02. The van der Waals surface area contributed by atoms with E-state index >= 15 is 0 Å². The van der Waals surface area contributed by atoms with Crippen LogP contribution < -0.4 is 0 Å². The normalized spacial score (nSPS) is 11.2. The molecule has 0 radical (unpaired) electrons. The molecule has 19 heavy (non-hydrogen) atoms. The van der Waals surface area contributed by atoms with Crippen LogP contribution in [0.15, 0.2) is 19.8 Å². The smallest absolute Gasteiger partial charge is 0.181 e. The quantitative estimate of drug-likeness (QED) is 0.614. The van der Waals surface area contributed by atoms with Crippen LogP contribution in [0.1, 0.15) is 38.2 Å². The first kappa shape index (κ1) is 14.7. The summed E-state index contributed by atoms with van der Waals surface area (Å²) in [5, 5.41) is 9.28. The number of nitrogens with zero attached hydrogens (tertiary/aromatic N) is 4. The molecular formula is C12H16N4S3. The van der Waals surface area contributed by atoms with Gasteiger partial charge in [-0.25, -0.2) is 9.97 Å². The maximum absolute atomic E-state index is 4.57. The summed E-state index contributed by atoms with van der Waals surface area (Å²) in [4.78, 5) is 9.02. The molecule has 0 aliphatic heterocycles. The molecule has 7 heteroatoms. The van der Waals surface area contributed by atoms with Gasteiger partial charge in [0.25, 0.3) is 0 Å². The van der Waals surface area contributed by atoms with E-state index < -0.39 is 0 Å². The average molecular weight is 312 g/mol. The van der Waals surface area contributed by atoms with Crippen LogP contribution in [-0.4, -0.2) is 25.9 Å². The summed E-state index contributed by atoms with van der Waals surface area (Å²) in [6, 6.07) is 1.99. The lowest BCUT2D eigenvalue weighted by Gasteiger charge is -2.06. The molecule has 2 aromatic heterocycles. The van der Waals surface area contributed by atoms with Gasteiger partial charge in [-0.05, 0) is 30.5 Å². The first-order valence-electron chi connectivity index (χ1n) is 6.08. The van der Waals surface area contributed by atoms with E-state index in [4.69, 9.17) is 0 Å². The Kier molecular flexibility index (Phi) is 5.18. The molecule has 0 unspecified atom stereocenters. The number of hydrogen-bond acceptors (Lipinski definition) is 7. The molecule has 0 aliphatic carbocycles. The van der Waals surface area contributed by atoms with E-state index in [0.717, 1.165) is 31.0 Å². The van der Waals surface area contributed by atoms with Gasteiger partial charge in [-0.3, -0.25) is 0 Å². The highest BCUT2D eigenvalue weighted by atomic mass is 32.2. The first-order chi connectivity index (χ1) is 9.08. The van der Waals surface area contributed by atoms with Gasteiger partial charge in [0.05, 0.1) is 0 Å². The molecule has 0 N–H and O–H groups in total. The molecule has 4 nitrogen and oxygen atoms in total. The maximum Gasteiger partial charge on any atom is 0.181 e. The lowest BCUT2D eigenvalue weighted by atomic mass is 10.2. The monoisotopic (exact) mass is 312 g/mol. The standard InChI is InChI=1S/C12H16N4S3/c1-5-17-11-15-16-12(19-11)18-9-6-8(4)13-10(14-9)7(2)3/h6-7H,5H2,1-4H3. The van der Waals surface area contributed by atoms with Gasteiger partial charge in [0.1, 0.15) is 10.9 Å². The Morgan fingerprint density at radius 3 is 2.63 bits per heavy atom. The van der Waals surface area contributed by atoms with Crippen LogP contribution in [0.5, 0.6) is 0 Å². The zero-order valence-electron chi connectivity index (χ0n) is 11.4. The fourth-order valence-electron chi connectivity index (χ4n) is 1.38. The SMILES string of the molecule is CCSc1nnc(Sc2cc(C)nc(C(C)C)n2)s1. The van der Waals surface area contributed by atoms with E-state index in [1.165, 1.54) is 0 Å². The van der Waals surface area contributed by atoms with E-state index in [-0.39, 0.29) is 0 Å². The topological polar surface area (TPSA) is 51.6 Å². The number of hydrogen-bond donors (Lipinski definition) is 0. The third-order valence-corrected chi connectivity index (χ3v) is 5.12. The number of rotatable bonds is 5. The minimum Gasteiger partial charge on any atom is -0.238 e. The third kappa shape index (κ3) is 4.15. The van der Waals surface area contributed by atoms with Gasteiger partial charge in [-0.15, -0.1) is 10.2 Å². The minimum atomic E-state index is 0.333. The van der Waals surface area contributed by atoms with Crippen molar-refractivity contribution in [3.05, 3.63) is 17.6 Å². The molecule has 0 amide bonds. The van der Waals surface area contributed by atoms with Crippen LogP contribution in [-0.2, 0) is 0 Å². The summed E-state index contributed by atoms with van der Waals surface area (Å²) < 4.78 is 1.95. The number of thioether (sulfide) groups is 1. The van der Waals surface area contributed by atoms with Crippen molar-refractivity contribution >= 4 is 34.9 Å². The van der Waals surface area contributed by atoms with E-state index in [1.54, 1.807) is 34.9 Å². The van der Waals surface area contributed by atoms with Gasteiger partial charge in [-0.2, -0.15) is 0 Å². The number of aromatic nitrogens is 4. The average Bonchev–Trinajstić information content (AvgIpc) is 2.76. The molecule has 2 heterocycles. The third-order valence-electron chi connectivity index (χ3n) is 2.21. The van der Waals surface area contributed by atoms with Crippen molar-refractivity contribution < 1.29 is 0 Å². The molecule has 0 spiro atoms. The van der Waals surface area contributed by atoms with Crippen molar-refractivity contribution in [2.24, 2.45) is 0 Å². The van der Waals surface area contributed by atoms with Crippen LogP contribution in [0, 0.1) is 6.92 Å². The van der Waals surface area contributed by atoms with Crippen molar-refractivity contribution in [2.45, 2.75) is 47.3 Å². The highest BCUT2D eigenvalue weighted by Crippen LogP contribution is 2.33. The van der Waals surface area contributed by atoms with Crippen LogP contribution in [0.3, 0.4) is 0 Å². The second-order valence-corrected chi connectivity index (χ2v) is 7.99. The van der Waals surface area contributed by atoms with E-state index in [2.05, 4.69) is 40.9 Å². The summed E-state index contributed by atoms with van der Waals surface area (Å²) in [5.41, 5.74) is 0.994. The van der Waals surface area contributed by atoms with E-state index in [1.807, 2.05) is 13.0 Å². The van der Waals surface area contributed by atoms with Gasteiger partial charge < -0.3 is 0 Å². The van der Waals surface area contributed by atoms with Crippen LogP contribution in [0.25, 0.3) is 0 Å². The molecule has 102 valence electrons. The Morgan fingerprint density at radius 1 is 1.21 bits per heavy atom. The van der Waals surface area contributed by atoms with Gasteiger partial charge in [0, 0.05) is 11.6 Å². The van der Waals surface area contributed by atoms with Crippen molar-refractivity contribution in [3.8, 4) is 0 Å². The van der Waals surface area contributed by atoms with Crippen LogP contribution in [0.2, 0.25) is 0 Å². The summed E-state index contributed by atoms with van der Waals surface area (Å²) in [5.74, 6) is 2.23. The summed E-state index contributed by atoms with van der Waals surface area (Å²) in [7, 11) is 0. The Labute approximate surface area is 125 Å². The van der Waals surface area contributed by atoms with Crippen molar-refractivity contribution in [1.82, 2.24) is 20.2 Å². The summed E-state index contributed by atoms with van der Waals surface area (Å²) >= 11 is 4.89. The van der Waals surface area contributed by atoms with Crippen molar-refractivity contribution in [2.75, 3.05) is 5.75 Å². The van der Waals surface area contributed by atoms with Crippen LogP contribution in [0.4, 0.5) is 0 Å². The van der Waals surface area contributed by atoms with Crippen molar-refractivity contribution in [1.29, 1.82) is 0 Å². The van der Waals surface area contributed by atoms with Gasteiger partial charge in [0.2, 0.25) is 0 Å². The first-order valence-corrected chi connectivity index (χ1v) is 8.70. The molecule has 0 aromatic carbocycles. The fourth-order valence-corrected chi connectivity index (χ4v) is 4.31. The zero-order valence-corrected chi connectivity index (χ0v) is 13.8. The second-order valence-electron chi connectivity index (χ2n) is 4.23. The van der Waals surface area contributed by atoms with Gasteiger partial charge in [-0.1, -0.05) is 43.9 Å². The lowest BCUT2D eigenvalue weighted by Crippen LogP contribution is -2.00. The van der Waals surface area contributed by atoms with Gasteiger partial charge in [0.15, 0.2) is 8.68 Å². The summed E-state index contributed by atoms with van der Waals surface area (Å²) in [6.45, 7) is 8.31. The molecule has 0 saturated heterocycles. The Hall–Kier alpha value is -0.660. The zero-order chi connectivity index (χ0) is 13.8. The lowest BCUT2D eigenvalue weighted by molar-refractivity contribution is 0.744.